The third kappa shape index (κ3) is 11.3. The Labute approximate surface area is 360 Å². The number of nitrogens with zero attached hydrogens (tertiary/aromatic N) is 6. The highest BCUT2D eigenvalue weighted by molar-refractivity contribution is 7.89. The van der Waals surface area contributed by atoms with Gasteiger partial charge in [0.15, 0.2) is 5.69 Å². The van der Waals surface area contributed by atoms with E-state index >= 15 is 0 Å². The third-order valence-electron chi connectivity index (χ3n) is 11.5. The van der Waals surface area contributed by atoms with Crippen molar-refractivity contribution in [1.82, 2.24) is 29.4 Å². The number of sulfonamides is 1. The molecule has 4 amide bonds. The van der Waals surface area contributed by atoms with Gasteiger partial charge in [-0.15, -0.1) is 0 Å². The normalized spacial score (nSPS) is 21.2. The molecule has 2 aromatic carbocycles. The molecule has 2 saturated heterocycles. The lowest BCUT2D eigenvalue weighted by Crippen LogP contribution is -2.54. The number of imide groups is 2. The van der Waals surface area contributed by atoms with Crippen molar-refractivity contribution in [2.24, 2.45) is 0 Å². The smallest absolute Gasteiger partial charge is 0.262 e. The molecule has 0 bridgehead atoms. The summed E-state index contributed by atoms with van der Waals surface area (Å²) >= 11 is 0. The van der Waals surface area contributed by atoms with Crippen LogP contribution < -0.4 is 15.4 Å². The van der Waals surface area contributed by atoms with Crippen LogP contribution in [-0.4, -0.2) is 166 Å². The number of carbonyl (C=O) groups excluding carboxylic acids is 4. The monoisotopic (exact) mass is 876 g/mol. The lowest BCUT2D eigenvalue weighted by molar-refractivity contribution is -0.136. The van der Waals surface area contributed by atoms with Crippen molar-refractivity contribution in [2.75, 3.05) is 96.7 Å². The first-order chi connectivity index (χ1) is 30.1. The summed E-state index contributed by atoms with van der Waals surface area (Å²) in [6.45, 7) is 12.2. The molecule has 0 radical (unpaired) electrons. The number of ether oxygens (including phenoxy) is 5. The van der Waals surface area contributed by atoms with Gasteiger partial charge in [0, 0.05) is 50.1 Å². The van der Waals surface area contributed by atoms with E-state index in [1.807, 2.05) is 12.1 Å². The maximum absolute atomic E-state index is 13.0. The Hall–Kier alpha value is -5.14. The molecule has 332 valence electrons. The first kappa shape index (κ1) is 44.9. The highest BCUT2D eigenvalue weighted by atomic mass is 32.2. The molecule has 1 atom stereocenters. The number of anilines is 1. The van der Waals surface area contributed by atoms with Crippen LogP contribution in [0.1, 0.15) is 59.2 Å². The van der Waals surface area contributed by atoms with Crippen molar-refractivity contribution in [3.63, 3.8) is 0 Å². The van der Waals surface area contributed by atoms with Gasteiger partial charge in [-0.25, -0.2) is 23.2 Å². The molecule has 4 heterocycles. The summed E-state index contributed by atoms with van der Waals surface area (Å²) in [5.41, 5.74) is 1.68. The second-order valence-corrected chi connectivity index (χ2v) is 17.5. The predicted molar refractivity (Wildman–Crippen MR) is 224 cm³/mol. The van der Waals surface area contributed by atoms with Crippen LogP contribution in [0.4, 0.5) is 11.5 Å². The standard InChI is InChI=1S/C42H52N8O11S/c1-43-30-4-9-36-35(26-30)39(45-28-44-36)46-29-2-5-31(6-3-29)48-12-14-49(15-13-48)62(55,56)25-24-60-21-20-58-17-16-57-18-19-59-22-23-61-32-7-8-33-34(27-32)42(54)50(41(33)53)37-10-11-38(51)47-40(37)52/h4,7-9,26-29,31,37H,2-3,5-6,10-25H2,(H,44,45,46)(H,47,51,52). The largest absolute Gasteiger partial charge is 0.491 e. The van der Waals surface area contributed by atoms with Crippen LogP contribution in [0.3, 0.4) is 0 Å². The minimum absolute atomic E-state index is 0.0496. The lowest BCUT2D eigenvalue weighted by Gasteiger charge is -2.41. The van der Waals surface area contributed by atoms with Gasteiger partial charge in [0.1, 0.15) is 30.5 Å². The summed E-state index contributed by atoms with van der Waals surface area (Å²) in [4.78, 5) is 65.2. The number of hydrogen-bond acceptors (Lipinski definition) is 15. The van der Waals surface area contributed by atoms with Gasteiger partial charge in [-0.2, -0.15) is 4.31 Å². The topological polar surface area (TPSA) is 212 Å². The third-order valence-corrected chi connectivity index (χ3v) is 13.3. The zero-order chi connectivity index (χ0) is 43.5. The fourth-order valence-corrected chi connectivity index (χ4v) is 9.47. The number of piperazine rings is 1. The maximum atomic E-state index is 13.0. The maximum Gasteiger partial charge on any atom is 0.262 e. The average molecular weight is 877 g/mol. The van der Waals surface area contributed by atoms with Crippen molar-refractivity contribution in [2.45, 2.75) is 56.7 Å². The molecule has 3 fully saturated rings. The van der Waals surface area contributed by atoms with E-state index in [0.717, 1.165) is 47.3 Å². The minimum atomic E-state index is -3.43. The van der Waals surface area contributed by atoms with Crippen molar-refractivity contribution >= 4 is 56.1 Å². The molecule has 3 aliphatic heterocycles. The quantitative estimate of drug-likeness (QED) is 0.0894. The van der Waals surface area contributed by atoms with Crippen molar-refractivity contribution in [3.8, 4) is 5.75 Å². The molecule has 1 saturated carbocycles. The Bertz CT molecular complexity index is 2240. The molecule has 3 aromatic rings. The molecule has 0 spiro atoms. The highest BCUT2D eigenvalue weighted by Gasteiger charge is 2.44. The van der Waals surface area contributed by atoms with Crippen LogP contribution >= 0.6 is 0 Å². The molecular formula is C42H52N8O11S. The summed E-state index contributed by atoms with van der Waals surface area (Å²) in [6.07, 6.45) is 5.68. The Kier molecular flexibility index (Phi) is 15.4. The van der Waals surface area contributed by atoms with Crippen LogP contribution in [-0.2, 0) is 38.6 Å². The molecule has 1 aromatic heterocycles. The number of rotatable bonds is 21. The van der Waals surface area contributed by atoms with Gasteiger partial charge in [-0.05, 0) is 62.4 Å². The summed E-state index contributed by atoms with van der Waals surface area (Å²) in [5, 5.41) is 6.61. The van der Waals surface area contributed by atoms with Gasteiger partial charge >= 0.3 is 0 Å². The van der Waals surface area contributed by atoms with E-state index in [9.17, 15) is 27.6 Å². The van der Waals surface area contributed by atoms with Crippen LogP contribution in [0.2, 0.25) is 0 Å². The van der Waals surface area contributed by atoms with E-state index in [4.69, 9.17) is 30.3 Å². The number of fused-ring (bicyclic) bond motifs is 2. The summed E-state index contributed by atoms with van der Waals surface area (Å²) in [6, 6.07) is 9.63. The number of amides is 4. The number of aromatic nitrogens is 2. The number of carbonyl (C=O) groups is 4. The number of hydrogen-bond donors (Lipinski definition) is 2. The van der Waals surface area contributed by atoms with Gasteiger partial charge in [0.05, 0.1) is 81.8 Å². The predicted octanol–water partition coefficient (Wildman–Crippen LogP) is 2.40. The Balaban J connectivity index is 0.674. The van der Waals surface area contributed by atoms with E-state index < -0.39 is 39.7 Å². The van der Waals surface area contributed by atoms with Crippen LogP contribution in [0.25, 0.3) is 15.7 Å². The van der Waals surface area contributed by atoms with Crippen molar-refractivity contribution in [1.29, 1.82) is 0 Å². The fourth-order valence-electron chi connectivity index (χ4n) is 8.17. The average Bonchev–Trinajstić information content (AvgIpc) is 3.52. The molecule has 20 heteroatoms. The second-order valence-electron chi connectivity index (χ2n) is 15.4. The molecule has 62 heavy (non-hydrogen) atoms. The second kappa shape index (κ2) is 21.3. The summed E-state index contributed by atoms with van der Waals surface area (Å²) < 4.78 is 55.4. The van der Waals surface area contributed by atoms with Crippen LogP contribution in [0.15, 0.2) is 42.7 Å². The molecule has 7 rings (SSSR count). The van der Waals surface area contributed by atoms with Crippen LogP contribution in [0, 0.1) is 6.57 Å². The Morgan fingerprint density at radius 3 is 2.10 bits per heavy atom. The van der Waals surface area contributed by atoms with Crippen molar-refractivity contribution < 1.29 is 51.3 Å². The summed E-state index contributed by atoms with van der Waals surface area (Å²) in [7, 11) is -3.43. The zero-order valence-electron chi connectivity index (χ0n) is 34.5. The number of piperidine rings is 1. The van der Waals surface area contributed by atoms with Gasteiger partial charge in [-0.3, -0.25) is 34.3 Å². The number of benzene rings is 2. The van der Waals surface area contributed by atoms with E-state index in [2.05, 4.69) is 30.3 Å². The highest BCUT2D eigenvalue weighted by Crippen LogP contribution is 2.32. The van der Waals surface area contributed by atoms with Crippen molar-refractivity contribution in [3.05, 3.63) is 65.3 Å². The minimum Gasteiger partial charge on any atom is -0.491 e. The molecule has 4 aliphatic rings. The fraction of sp³-hybridized carbons (Fsp3) is 0.548. The molecule has 1 unspecified atom stereocenters. The first-order valence-electron chi connectivity index (χ1n) is 21.0. The zero-order valence-corrected chi connectivity index (χ0v) is 35.3. The van der Waals surface area contributed by atoms with Gasteiger partial charge in [0.2, 0.25) is 21.8 Å². The van der Waals surface area contributed by atoms with E-state index in [0.29, 0.717) is 76.7 Å². The van der Waals surface area contributed by atoms with Gasteiger partial charge in [-0.1, -0.05) is 6.07 Å². The van der Waals surface area contributed by atoms with E-state index in [-0.39, 0.29) is 62.2 Å². The van der Waals surface area contributed by atoms with Gasteiger partial charge < -0.3 is 29.0 Å². The Morgan fingerprint density at radius 1 is 0.758 bits per heavy atom. The number of nitrogens with one attached hydrogen (secondary N) is 2. The molecule has 19 nitrogen and oxygen atoms in total. The Morgan fingerprint density at radius 2 is 1.42 bits per heavy atom. The van der Waals surface area contributed by atoms with E-state index in [1.54, 1.807) is 22.8 Å². The molecule has 2 N–H and O–H groups in total. The van der Waals surface area contributed by atoms with Crippen LogP contribution in [0.5, 0.6) is 5.75 Å². The van der Waals surface area contributed by atoms with E-state index in [1.165, 1.54) is 12.1 Å². The molecule has 1 aliphatic carbocycles. The molecular weight excluding hydrogens is 825 g/mol. The first-order valence-corrected chi connectivity index (χ1v) is 22.6. The SMILES string of the molecule is [C-]#[N+]c1ccc2ncnc(NC3CCC(N4CCN(S(=O)(=O)CCOCCOCCOCCOCCOc5ccc6c(c5)C(=O)N(C5CCC(=O)NC5=O)C6=O)CC4)CC3)c2c1. The summed E-state index contributed by atoms with van der Waals surface area (Å²) in [5.74, 6) is -1.22. The lowest BCUT2D eigenvalue weighted by atomic mass is 9.89. The van der Waals surface area contributed by atoms with Gasteiger partial charge in [0.25, 0.3) is 11.8 Å².